The van der Waals surface area contributed by atoms with Gasteiger partial charge >= 0.3 is 0 Å². The second-order valence-corrected chi connectivity index (χ2v) is 6.90. The molecule has 138 valence electrons. The van der Waals surface area contributed by atoms with E-state index in [1.54, 1.807) is 0 Å². The maximum atomic E-state index is 6.10. The standard InChI is InChI=1S/C20H26N4O2/c1-4-24-15(3)16(14(2)22-24)13-23-11-10-21-20(23)19-9-8-18(26-19)17-7-5-6-12-25-17/h8-11,17H,4-7,12-13H2,1-3H3/t17-/m1/s1. The summed E-state index contributed by atoms with van der Waals surface area (Å²) >= 11 is 0. The molecule has 0 spiro atoms. The predicted octanol–water partition coefficient (Wildman–Crippen LogP) is 4.27. The van der Waals surface area contributed by atoms with Crippen LogP contribution >= 0.6 is 0 Å². The zero-order valence-electron chi connectivity index (χ0n) is 15.7. The van der Waals surface area contributed by atoms with Gasteiger partial charge in [-0.1, -0.05) is 0 Å². The van der Waals surface area contributed by atoms with Gasteiger partial charge in [0.25, 0.3) is 0 Å². The Hall–Kier alpha value is -2.34. The topological polar surface area (TPSA) is 58.0 Å². The van der Waals surface area contributed by atoms with Gasteiger partial charge in [-0.2, -0.15) is 5.10 Å². The number of aromatic nitrogens is 4. The first-order chi connectivity index (χ1) is 12.7. The number of hydrogen-bond acceptors (Lipinski definition) is 4. The Bertz CT molecular complexity index is 884. The normalized spacial score (nSPS) is 17.7. The molecule has 4 heterocycles. The highest BCUT2D eigenvalue weighted by atomic mass is 16.5. The molecule has 0 amide bonds. The van der Waals surface area contributed by atoms with E-state index < -0.39 is 0 Å². The third kappa shape index (κ3) is 3.09. The zero-order chi connectivity index (χ0) is 18.1. The van der Waals surface area contributed by atoms with Gasteiger partial charge in [0.1, 0.15) is 11.9 Å². The fourth-order valence-corrected chi connectivity index (χ4v) is 3.71. The molecule has 0 saturated carbocycles. The van der Waals surface area contributed by atoms with Gasteiger partial charge in [0.05, 0.1) is 12.2 Å². The number of aryl methyl sites for hydroxylation is 2. The lowest BCUT2D eigenvalue weighted by atomic mass is 10.1. The molecule has 26 heavy (non-hydrogen) atoms. The van der Waals surface area contributed by atoms with Crippen LogP contribution < -0.4 is 0 Å². The highest BCUT2D eigenvalue weighted by Gasteiger charge is 2.21. The van der Waals surface area contributed by atoms with Crippen LogP contribution in [0.4, 0.5) is 0 Å². The van der Waals surface area contributed by atoms with Gasteiger partial charge in [-0.3, -0.25) is 4.68 Å². The third-order valence-corrected chi connectivity index (χ3v) is 5.22. The average molecular weight is 354 g/mol. The zero-order valence-corrected chi connectivity index (χ0v) is 15.7. The number of hydrogen-bond donors (Lipinski definition) is 0. The lowest BCUT2D eigenvalue weighted by molar-refractivity contribution is 0.00218. The minimum Gasteiger partial charge on any atom is -0.455 e. The van der Waals surface area contributed by atoms with Crippen molar-refractivity contribution in [1.29, 1.82) is 0 Å². The number of ether oxygens (including phenoxy) is 1. The number of furan rings is 1. The maximum absolute atomic E-state index is 6.10. The van der Waals surface area contributed by atoms with E-state index in [1.165, 1.54) is 17.7 Å². The van der Waals surface area contributed by atoms with E-state index in [2.05, 4.69) is 35.4 Å². The predicted molar refractivity (Wildman–Crippen MR) is 99.0 cm³/mol. The van der Waals surface area contributed by atoms with Crippen molar-refractivity contribution in [1.82, 2.24) is 19.3 Å². The average Bonchev–Trinajstić information content (AvgIpc) is 3.38. The van der Waals surface area contributed by atoms with E-state index in [9.17, 15) is 0 Å². The van der Waals surface area contributed by atoms with E-state index in [0.29, 0.717) is 0 Å². The summed E-state index contributed by atoms with van der Waals surface area (Å²) in [5.74, 6) is 2.54. The summed E-state index contributed by atoms with van der Waals surface area (Å²) < 4.78 is 16.1. The van der Waals surface area contributed by atoms with E-state index in [-0.39, 0.29) is 6.10 Å². The number of imidazole rings is 1. The SMILES string of the molecule is CCn1nc(C)c(Cn2ccnc2-c2ccc([C@H]3CCCCO3)o2)c1C. The van der Waals surface area contributed by atoms with E-state index >= 15 is 0 Å². The van der Waals surface area contributed by atoms with Crippen LogP contribution in [0.2, 0.25) is 0 Å². The van der Waals surface area contributed by atoms with Crippen LogP contribution in [-0.4, -0.2) is 25.9 Å². The van der Waals surface area contributed by atoms with Crippen LogP contribution in [0.25, 0.3) is 11.6 Å². The molecule has 0 bridgehead atoms. The molecule has 1 atom stereocenters. The molecule has 1 saturated heterocycles. The Morgan fingerprint density at radius 1 is 1.23 bits per heavy atom. The van der Waals surface area contributed by atoms with Crippen LogP contribution in [0.15, 0.2) is 28.9 Å². The lowest BCUT2D eigenvalue weighted by Gasteiger charge is -2.20. The molecular weight excluding hydrogens is 328 g/mol. The van der Waals surface area contributed by atoms with Crippen molar-refractivity contribution in [2.24, 2.45) is 0 Å². The molecular formula is C20H26N4O2. The van der Waals surface area contributed by atoms with Crippen LogP contribution in [0, 0.1) is 13.8 Å². The molecule has 1 fully saturated rings. The largest absolute Gasteiger partial charge is 0.455 e. The van der Waals surface area contributed by atoms with Crippen LogP contribution in [0.1, 0.15) is 55.0 Å². The molecule has 4 rings (SSSR count). The first kappa shape index (κ1) is 17.1. The molecule has 1 aliphatic rings. The molecule has 0 N–H and O–H groups in total. The Morgan fingerprint density at radius 2 is 2.12 bits per heavy atom. The van der Waals surface area contributed by atoms with Gasteiger partial charge in [0, 0.05) is 36.8 Å². The van der Waals surface area contributed by atoms with E-state index in [1.807, 2.05) is 29.2 Å². The Labute approximate surface area is 153 Å². The lowest BCUT2D eigenvalue weighted by Crippen LogP contribution is -2.10. The second kappa shape index (κ2) is 7.11. The van der Waals surface area contributed by atoms with Gasteiger partial charge in [0.15, 0.2) is 11.6 Å². The second-order valence-electron chi connectivity index (χ2n) is 6.90. The summed E-state index contributed by atoms with van der Waals surface area (Å²) in [6.45, 7) is 8.74. The highest BCUT2D eigenvalue weighted by Crippen LogP contribution is 2.32. The monoisotopic (exact) mass is 354 g/mol. The quantitative estimate of drug-likeness (QED) is 0.687. The molecule has 1 aliphatic heterocycles. The third-order valence-electron chi connectivity index (χ3n) is 5.22. The Balaban J connectivity index is 1.60. The maximum Gasteiger partial charge on any atom is 0.176 e. The molecule has 3 aromatic heterocycles. The summed E-state index contributed by atoms with van der Waals surface area (Å²) in [5, 5.41) is 4.62. The van der Waals surface area contributed by atoms with Crippen molar-refractivity contribution >= 4 is 0 Å². The molecule has 6 nitrogen and oxygen atoms in total. The number of rotatable bonds is 5. The van der Waals surface area contributed by atoms with Crippen molar-refractivity contribution in [3.63, 3.8) is 0 Å². The van der Waals surface area contributed by atoms with Crippen molar-refractivity contribution < 1.29 is 9.15 Å². The van der Waals surface area contributed by atoms with E-state index in [0.717, 1.165) is 55.6 Å². The van der Waals surface area contributed by atoms with Crippen LogP contribution in [-0.2, 0) is 17.8 Å². The van der Waals surface area contributed by atoms with Crippen molar-refractivity contribution in [3.8, 4) is 11.6 Å². The highest BCUT2D eigenvalue weighted by molar-refractivity contribution is 5.48. The molecule has 0 unspecified atom stereocenters. The summed E-state index contributed by atoms with van der Waals surface area (Å²) in [5.41, 5.74) is 3.52. The molecule has 6 heteroatoms. The summed E-state index contributed by atoms with van der Waals surface area (Å²) in [6.07, 6.45) is 7.25. The molecule has 0 aromatic carbocycles. The molecule has 0 radical (unpaired) electrons. The Kier molecular flexibility index (Phi) is 4.68. The molecule has 3 aromatic rings. The fourth-order valence-electron chi connectivity index (χ4n) is 3.71. The van der Waals surface area contributed by atoms with Crippen molar-refractivity contribution in [2.75, 3.05) is 6.61 Å². The van der Waals surface area contributed by atoms with Gasteiger partial charge < -0.3 is 13.7 Å². The summed E-state index contributed by atoms with van der Waals surface area (Å²) in [4.78, 5) is 4.53. The fraction of sp³-hybridized carbons (Fsp3) is 0.500. The minimum absolute atomic E-state index is 0.0770. The minimum atomic E-state index is 0.0770. The first-order valence-electron chi connectivity index (χ1n) is 9.43. The van der Waals surface area contributed by atoms with Crippen molar-refractivity contribution in [3.05, 3.63) is 47.2 Å². The van der Waals surface area contributed by atoms with Gasteiger partial charge in [-0.05, 0) is 52.2 Å². The first-order valence-corrected chi connectivity index (χ1v) is 9.43. The number of nitrogens with zero attached hydrogens (tertiary/aromatic N) is 4. The van der Waals surface area contributed by atoms with Crippen LogP contribution in [0.3, 0.4) is 0 Å². The van der Waals surface area contributed by atoms with Crippen molar-refractivity contribution in [2.45, 2.75) is 59.2 Å². The molecule has 0 aliphatic carbocycles. The Morgan fingerprint density at radius 3 is 2.85 bits per heavy atom. The van der Waals surface area contributed by atoms with Gasteiger partial charge in [-0.25, -0.2) is 4.98 Å². The van der Waals surface area contributed by atoms with E-state index in [4.69, 9.17) is 9.15 Å². The summed E-state index contributed by atoms with van der Waals surface area (Å²) in [7, 11) is 0. The van der Waals surface area contributed by atoms with Crippen LogP contribution in [0.5, 0.6) is 0 Å². The van der Waals surface area contributed by atoms with Gasteiger partial charge in [-0.15, -0.1) is 0 Å². The smallest absolute Gasteiger partial charge is 0.176 e. The summed E-state index contributed by atoms with van der Waals surface area (Å²) in [6, 6.07) is 4.03. The van der Waals surface area contributed by atoms with Gasteiger partial charge in [0.2, 0.25) is 0 Å².